The average molecular weight is 388 g/mol. The number of halogens is 2. The second-order valence-electron chi connectivity index (χ2n) is 5.43. The van der Waals surface area contributed by atoms with Crippen LogP contribution >= 0.6 is 23.4 Å². The normalized spacial score (nSPS) is 10.7. The second-order valence-corrected chi connectivity index (χ2v) is 6.81. The summed E-state index contributed by atoms with van der Waals surface area (Å²) in [5, 5.41) is 9.55. The summed E-state index contributed by atoms with van der Waals surface area (Å²) in [7, 11) is 0. The highest BCUT2D eigenvalue weighted by molar-refractivity contribution is 7.99. The van der Waals surface area contributed by atoms with Crippen LogP contribution in [-0.4, -0.2) is 26.3 Å². The van der Waals surface area contributed by atoms with Crippen LogP contribution < -0.4 is 0 Å². The first kappa shape index (κ1) is 18.4. The molecule has 0 aliphatic heterocycles. The summed E-state index contributed by atoms with van der Waals surface area (Å²) in [4.78, 5) is 12.3. The largest absolute Gasteiger partial charge is 0.298 e. The fourth-order valence-corrected chi connectivity index (χ4v) is 3.32. The Labute approximate surface area is 159 Å². The van der Waals surface area contributed by atoms with Crippen molar-refractivity contribution in [2.24, 2.45) is 0 Å². The highest BCUT2D eigenvalue weighted by atomic mass is 35.5. The Hall–Kier alpha value is -2.44. The van der Waals surface area contributed by atoms with Gasteiger partial charge in [-0.2, -0.15) is 0 Å². The first-order chi connectivity index (χ1) is 12.6. The van der Waals surface area contributed by atoms with E-state index in [2.05, 4.69) is 16.8 Å². The number of ketones is 1. The Kier molecular flexibility index (Phi) is 5.85. The number of hydrogen-bond donors (Lipinski definition) is 0. The topological polar surface area (TPSA) is 47.8 Å². The molecule has 0 radical (unpaired) electrons. The number of Topliss-reactive ketones (excluding diaryl/α,β-unsaturated/α-hetero) is 1. The first-order valence-corrected chi connectivity index (χ1v) is 9.16. The van der Waals surface area contributed by atoms with Gasteiger partial charge in [-0.1, -0.05) is 29.4 Å². The molecule has 0 saturated carbocycles. The van der Waals surface area contributed by atoms with Crippen LogP contribution in [0, 0.1) is 5.82 Å². The molecule has 0 fully saturated rings. The fourth-order valence-electron chi connectivity index (χ4n) is 2.35. The third-order valence-electron chi connectivity index (χ3n) is 3.63. The predicted molar refractivity (Wildman–Crippen MR) is 102 cm³/mol. The Bertz CT molecular complexity index is 923. The van der Waals surface area contributed by atoms with E-state index in [0.29, 0.717) is 28.1 Å². The zero-order valence-corrected chi connectivity index (χ0v) is 15.3. The van der Waals surface area contributed by atoms with Crippen LogP contribution in [0.2, 0.25) is 5.02 Å². The van der Waals surface area contributed by atoms with Crippen molar-refractivity contribution in [3.63, 3.8) is 0 Å². The van der Waals surface area contributed by atoms with Crippen LogP contribution in [-0.2, 0) is 6.54 Å². The van der Waals surface area contributed by atoms with Crippen molar-refractivity contribution in [1.29, 1.82) is 0 Å². The predicted octanol–water partition coefficient (Wildman–Crippen LogP) is 4.90. The van der Waals surface area contributed by atoms with Crippen molar-refractivity contribution in [3.8, 4) is 11.4 Å². The summed E-state index contributed by atoms with van der Waals surface area (Å²) >= 11 is 7.14. The number of allylic oxidation sites excluding steroid dienone is 1. The highest BCUT2D eigenvalue weighted by Crippen LogP contribution is 2.25. The van der Waals surface area contributed by atoms with Crippen LogP contribution in [0.4, 0.5) is 4.39 Å². The standard InChI is InChI=1S/C19H15ClFN3OS/c1-2-11-24-18(14-5-9-16(21)10-6-14)22-23-19(24)26-12-17(25)13-3-7-15(20)8-4-13/h2-10H,1,11-12H2. The van der Waals surface area contributed by atoms with E-state index < -0.39 is 0 Å². The van der Waals surface area contributed by atoms with Crippen LogP contribution in [0.5, 0.6) is 0 Å². The molecule has 132 valence electrons. The van der Waals surface area contributed by atoms with Gasteiger partial charge in [-0.05, 0) is 48.5 Å². The Balaban J connectivity index is 1.79. The molecule has 0 aliphatic carbocycles. The summed E-state index contributed by atoms with van der Waals surface area (Å²) in [6, 6.07) is 12.8. The minimum atomic E-state index is -0.313. The smallest absolute Gasteiger partial charge is 0.192 e. The van der Waals surface area contributed by atoms with Crippen molar-refractivity contribution in [2.75, 3.05) is 5.75 Å². The van der Waals surface area contributed by atoms with Crippen molar-refractivity contribution >= 4 is 29.1 Å². The number of thioether (sulfide) groups is 1. The molecule has 2 aromatic carbocycles. The number of hydrogen-bond acceptors (Lipinski definition) is 4. The summed E-state index contributed by atoms with van der Waals surface area (Å²) in [6.07, 6.45) is 1.72. The van der Waals surface area contributed by atoms with Gasteiger partial charge >= 0.3 is 0 Å². The fraction of sp³-hybridized carbons (Fsp3) is 0.105. The molecule has 1 aromatic heterocycles. The van der Waals surface area contributed by atoms with Crippen LogP contribution in [0.3, 0.4) is 0 Å². The second kappa shape index (κ2) is 8.29. The van der Waals surface area contributed by atoms with Crippen LogP contribution in [0.1, 0.15) is 10.4 Å². The molecule has 0 spiro atoms. The molecule has 0 amide bonds. The van der Waals surface area contributed by atoms with Gasteiger partial charge < -0.3 is 0 Å². The molecule has 7 heteroatoms. The first-order valence-electron chi connectivity index (χ1n) is 7.80. The van der Waals surface area contributed by atoms with E-state index in [1.54, 1.807) is 42.5 Å². The molecular weight excluding hydrogens is 373 g/mol. The molecule has 0 aliphatic rings. The Morgan fingerprint density at radius 1 is 1.15 bits per heavy atom. The average Bonchev–Trinajstić information content (AvgIpc) is 3.04. The molecule has 0 N–H and O–H groups in total. The van der Waals surface area contributed by atoms with Gasteiger partial charge in [0, 0.05) is 22.7 Å². The minimum Gasteiger partial charge on any atom is -0.298 e. The SMILES string of the molecule is C=CCn1c(SCC(=O)c2ccc(Cl)cc2)nnc1-c1ccc(F)cc1. The number of benzene rings is 2. The summed E-state index contributed by atoms with van der Waals surface area (Å²) in [5.74, 6) is 0.488. The Morgan fingerprint density at radius 3 is 2.50 bits per heavy atom. The van der Waals surface area contributed by atoms with E-state index in [-0.39, 0.29) is 17.4 Å². The van der Waals surface area contributed by atoms with Crippen LogP contribution in [0.15, 0.2) is 66.3 Å². The van der Waals surface area contributed by atoms with Crippen molar-refractivity contribution < 1.29 is 9.18 Å². The van der Waals surface area contributed by atoms with Gasteiger partial charge in [0.15, 0.2) is 16.8 Å². The van der Waals surface area contributed by atoms with Gasteiger partial charge in [-0.3, -0.25) is 9.36 Å². The lowest BCUT2D eigenvalue weighted by Gasteiger charge is -2.07. The van der Waals surface area contributed by atoms with Crippen LogP contribution in [0.25, 0.3) is 11.4 Å². The molecule has 0 bridgehead atoms. The summed E-state index contributed by atoms with van der Waals surface area (Å²) < 4.78 is 15.0. The molecule has 0 unspecified atom stereocenters. The van der Waals surface area contributed by atoms with Crippen molar-refractivity contribution in [1.82, 2.24) is 14.8 Å². The third kappa shape index (κ3) is 4.20. The van der Waals surface area contributed by atoms with E-state index >= 15 is 0 Å². The van der Waals surface area contributed by atoms with Gasteiger partial charge in [-0.25, -0.2) is 4.39 Å². The van der Waals surface area contributed by atoms with E-state index in [9.17, 15) is 9.18 Å². The van der Waals surface area contributed by atoms with Gasteiger partial charge in [0.05, 0.1) is 5.75 Å². The molecule has 3 rings (SSSR count). The van der Waals surface area contributed by atoms with E-state index in [0.717, 1.165) is 5.56 Å². The van der Waals surface area contributed by atoms with Gasteiger partial charge in [0.1, 0.15) is 5.82 Å². The molecule has 0 atom stereocenters. The van der Waals surface area contributed by atoms with E-state index in [4.69, 9.17) is 11.6 Å². The molecule has 0 saturated heterocycles. The number of rotatable bonds is 7. The monoisotopic (exact) mass is 387 g/mol. The lowest BCUT2D eigenvalue weighted by atomic mass is 10.1. The molecule has 26 heavy (non-hydrogen) atoms. The number of carbonyl (C=O) groups is 1. The summed E-state index contributed by atoms with van der Waals surface area (Å²) in [5.41, 5.74) is 1.34. The molecule has 4 nitrogen and oxygen atoms in total. The number of aromatic nitrogens is 3. The summed E-state index contributed by atoms with van der Waals surface area (Å²) in [6.45, 7) is 4.23. The number of carbonyl (C=O) groups excluding carboxylic acids is 1. The van der Waals surface area contributed by atoms with Crippen molar-refractivity contribution in [3.05, 3.63) is 77.6 Å². The van der Waals surface area contributed by atoms with Gasteiger partial charge in [0.2, 0.25) is 0 Å². The van der Waals surface area contributed by atoms with Crippen molar-refractivity contribution in [2.45, 2.75) is 11.7 Å². The lowest BCUT2D eigenvalue weighted by Crippen LogP contribution is -2.05. The maximum absolute atomic E-state index is 13.1. The van der Waals surface area contributed by atoms with Gasteiger partial charge in [-0.15, -0.1) is 16.8 Å². The zero-order chi connectivity index (χ0) is 18.5. The third-order valence-corrected chi connectivity index (χ3v) is 4.85. The van der Waals surface area contributed by atoms with E-state index in [1.807, 2.05) is 4.57 Å². The maximum Gasteiger partial charge on any atom is 0.192 e. The molecular formula is C19H15ClFN3OS. The van der Waals surface area contributed by atoms with E-state index in [1.165, 1.54) is 23.9 Å². The molecule has 1 heterocycles. The quantitative estimate of drug-likeness (QED) is 0.328. The lowest BCUT2D eigenvalue weighted by molar-refractivity contribution is 0.102. The molecule has 3 aromatic rings. The highest BCUT2D eigenvalue weighted by Gasteiger charge is 2.15. The Morgan fingerprint density at radius 2 is 1.85 bits per heavy atom. The van der Waals surface area contributed by atoms with Gasteiger partial charge in [0.25, 0.3) is 0 Å². The minimum absolute atomic E-state index is 0.0249. The zero-order valence-electron chi connectivity index (χ0n) is 13.7. The maximum atomic E-state index is 13.1. The number of nitrogens with zero attached hydrogens (tertiary/aromatic N) is 3.